The van der Waals surface area contributed by atoms with Crippen LogP contribution in [-0.2, 0) is 4.79 Å². The third-order valence-corrected chi connectivity index (χ3v) is 7.19. The molecule has 0 aromatic carbocycles. The zero-order chi connectivity index (χ0) is 14.0. The van der Waals surface area contributed by atoms with Gasteiger partial charge in [-0.3, -0.25) is 4.79 Å². The number of carbonyl (C=O) groups excluding carboxylic acids is 1. The van der Waals surface area contributed by atoms with Crippen LogP contribution in [0.5, 0.6) is 0 Å². The number of carbonyl (C=O) groups is 1. The summed E-state index contributed by atoms with van der Waals surface area (Å²) in [7, 11) is 0. The highest BCUT2D eigenvalue weighted by molar-refractivity contribution is 5.80. The molecule has 1 unspecified atom stereocenters. The van der Waals surface area contributed by atoms with E-state index in [0.717, 1.165) is 25.2 Å². The number of hydrogen-bond donors (Lipinski definition) is 0. The van der Waals surface area contributed by atoms with E-state index in [1.54, 1.807) is 5.57 Å². The molecule has 108 valence electrons. The summed E-state index contributed by atoms with van der Waals surface area (Å²) >= 11 is 0. The minimum atomic E-state index is 0.373. The molecule has 1 nitrogen and oxygen atoms in total. The van der Waals surface area contributed by atoms with E-state index in [4.69, 9.17) is 0 Å². The van der Waals surface area contributed by atoms with Gasteiger partial charge in [-0.1, -0.05) is 37.6 Å². The molecule has 0 aromatic heterocycles. The summed E-state index contributed by atoms with van der Waals surface area (Å²) in [5.74, 6) is 2.45. The van der Waals surface area contributed by atoms with Crippen molar-refractivity contribution in [2.45, 2.75) is 58.8 Å². The number of allylic oxidation sites excluding steroid dienone is 4. The van der Waals surface area contributed by atoms with Crippen molar-refractivity contribution in [3.8, 4) is 0 Å². The Labute approximate surface area is 122 Å². The summed E-state index contributed by atoms with van der Waals surface area (Å²) in [6.45, 7) is 4.96. The molecule has 4 aliphatic rings. The summed E-state index contributed by atoms with van der Waals surface area (Å²) in [6.07, 6.45) is 15.5. The van der Waals surface area contributed by atoms with Crippen LogP contribution in [0.15, 0.2) is 23.8 Å². The first-order chi connectivity index (χ1) is 9.53. The minimum Gasteiger partial charge on any atom is -0.300 e. The van der Waals surface area contributed by atoms with Gasteiger partial charge >= 0.3 is 0 Å². The van der Waals surface area contributed by atoms with Crippen molar-refractivity contribution >= 4 is 5.78 Å². The van der Waals surface area contributed by atoms with Crippen molar-refractivity contribution in [3.63, 3.8) is 0 Å². The van der Waals surface area contributed by atoms with Gasteiger partial charge in [0.2, 0.25) is 0 Å². The summed E-state index contributed by atoms with van der Waals surface area (Å²) in [4.78, 5) is 11.8. The second-order valence-electron chi connectivity index (χ2n) is 8.17. The van der Waals surface area contributed by atoms with Gasteiger partial charge in [-0.15, -0.1) is 0 Å². The fraction of sp³-hybridized carbons (Fsp3) is 0.737. The lowest BCUT2D eigenvalue weighted by molar-refractivity contribution is -0.126. The molecule has 0 radical (unpaired) electrons. The van der Waals surface area contributed by atoms with Gasteiger partial charge < -0.3 is 0 Å². The van der Waals surface area contributed by atoms with E-state index in [1.807, 2.05) is 0 Å². The van der Waals surface area contributed by atoms with Gasteiger partial charge in [0, 0.05) is 18.8 Å². The number of ketones is 1. The quantitative estimate of drug-likeness (QED) is 0.584. The van der Waals surface area contributed by atoms with Crippen LogP contribution < -0.4 is 0 Å². The lowest BCUT2D eigenvalue weighted by Gasteiger charge is -2.55. The number of rotatable bonds is 0. The Morgan fingerprint density at radius 1 is 1.15 bits per heavy atom. The van der Waals surface area contributed by atoms with Crippen molar-refractivity contribution in [1.29, 1.82) is 0 Å². The minimum absolute atomic E-state index is 0.373. The number of fused-ring (bicyclic) bond motifs is 5. The van der Waals surface area contributed by atoms with Gasteiger partial charge in [-0.2, -0.15) is 0 Å². The maximum absolute atomic E-state index is 11.8. The summed E-state index contributed by atoms with van der Waals surface area (Å²) in [5, 5.41) is 0. The van der Waals surface area contributed by atoms with Crippen molar-refractivity contribution in [1.82, 2.24) is 0 Å². The number of hydrogen-bond acceptors (Lipinski definition) is 1. The van der Waals surface area contributed by atoms with E-state index in [0.29, 0.717) is 28.4 Å². The average Bonchev–Trinajstić information content (AvgIpc) is 2.81. The Bertz CT molecular complexity index is 514. The molecule has 5 atom stereocenters. The molecular formula is C19H26O. The fourth-order valence-corrected chi connectivity index (χ4v) is 5.77. The van der Waals surface area contributed by atoms with E-state index in [-0.39, 0.29) is 0 Å². The van der Waals surface area contributed by atoms with Crippen molar-refractivity contribution in [2.24, 2.45) is 28.6 Å². The van der Waals surface area contributed by atoms with E-state index in [1.165, 1.54) is 25.7 Å². The Kier molecular flexibility index (Phi) is 2.63. The van der Waals surface area contributed by atoms with Crippen molar-refractivity contribution in [2.75, 3.05) is 0 Å². The van der Waals surface area contributed by atoms with Crippen LogP contribution in [0.1, 0.15) is 58.8 Å². The summed E-state index contributed by atoms with van der Waals surface area (Å²) in [5.41, 5.74) is 2.60. The van der Waals surface area contributed by atoms with Crippen molar-refractivity contribution in [3.05, 3.63) is 23.8 Å². The highest BCUT2D eigenvalue weighted by atomic mass is 16.1. The molecule has 0 aromatic rings. The highest BCUT2D eigenvalue weighted by Gasteiger charge is 2.53. The molecule has 0 bridgehead atoms. The Balaban J connectivity index is 1.73. The predicted molar refractivity (Wildman–Crippen MR) is 81.2 cm³/mol. The monoisotopic (exact) mass is 270 g/mol. The van der Waals surface area contributed by atoms with Gasteiger partial charge in [0.05, 0.1) is 0 Å². The maximum Gasteiger partial charge on any atom is 0.133 e. The average molecular weight is 270 g/mol. The molecule has 0 N–H and O–H groups in total. The second kappa shape index (κ2) is 4.08. The van der Waals surface area contributed by atoms with Gasteiger partial charge in [-0.25, -0.2) is 0 Å². The van der Waals surface area contributed by atoms with Crippen molar-refractivity contribution < 1.29 is 4.79 Å². The topological polar surface area (TPSA) is 17.1 Å². The molecule has 4 aliphatic carbocycles. The third-order valence-electron chi connectivity index (χ3n) is 7.19. The van der Waals surface area contributed by atoms with Crippen LogP contribution in [-0.4, -0.2) is 5.78 Å². The molecule has 0 aliphatic heterocycles. The molecule has 0 spiro atoms. The Morgan fingerprint density at radius 3 is 2.85 bits per heavy atom. The SMILES string of the molecule is C[C@@]12CCC=C1[C@@H]1C=CC3CC(=O)CC[C@]3(C)[C@H]1CC2. The zero-order valence-electron chi connectivity index (χ0n) is 12.8. The lowest BCUT2D eigenvalue weighted by atomic mass is 9.49. The molecule has 2 saturated carbocycles. The largest absolute Gasteiger partial charge is 0.300 e. The van der Waals surface area contributed by atoms with Gasteiger partial charge in [-0.05, 0) is 54.8 Å². The summed E-state index contributed by atoms with van der Waals surface area (Å²) < 4.78 is 0. The van der Waals surface area contributed by atoms with Gasteiger partial charge in [0.25, 0.3) is 0 Å². The molecule has 20 heavy (non-hydrogen) atoms. The lowest BCUT2D eigenvalue weighted by Crippen LogP contribution is -2.48. The van der Waals surface area contributed by atoms with Gasteiger partial charge in [0.1, 0.15) is 5.78 Å². The zero-order valence-corrected chi connectivity index (χ0v) is 12.8. The molecule has 1 heteroatoms. The number of Topliss-reactive ketones (excluding diaryl/α,β-unsaturated/α-hetero) is 1. The van der Waals surface area contributed by atoms with E-state index in [9.17, 15) is 4.79 Å². The molecule has 2 fully saturated rings. The second-order valence-corrected chi connectivity index (χ2v) is 8.17. The van der Waals surface area contributed by atoms with Crippen LogP contribution in [0.4, 0.5) is 0 Å². The maximum atomic E-state index is 11.8. The predicted octanol–water partition coefficient (Wildman–Crippen LogP) is 4.68. The van der Waals surface area contributed by atoms with E-state index >= 15 is 0 Å². The van der Waals surface area contributed by atoms with Crippen LogP contribution in [0, 0.1) is 28.6 Å². The molecule has 4 rings (SSSR count). The molecule has 0 saturated heterocycles. The van der Waals surface area contributed by atoms with Crippen LogP contribution >= 0.6 is 0 Å². The van der Waals surface area contributed by atoms with Gasteiger partial charge in [0.15, 0.2) is 0 Å². The Morgan fingerprint density at radius 2 is 2.00 bits per heavy atom. The van der Waals surface area contributed by atoms with E-state index in [2.05, 4.69) is 32.1 Å². The standard InChI is InChI=1S/C19H26O/c1-18-9-3-4-16(18)15-6-5-13-12-14(20)7-11-19(13,2)17(15)8-10-18/h4-6,13,15,17H,3,7-12H2,1-2H3/t13?,15-,17-,18-,19-/m0/s1. The fourth-order valence-electron chi connectivity index (χ4n) is 5.77. The van der Waals surface area contributed by atoms with E-state index < -0.39 is 0 Å². The first-order valence-corrected chi connectivity index (χ1v) is 8.43. The van der Waals surface area contributed by atoms with Crippen LogP contribution in [0.3, 0.4) is 0 Å². The first-order valence-electron chi connectivity index (χ1n) is 8.43. The normalized spacial score (nSPS) is 50.2. The molecule has 0 amide bonds. The molecule has 0 heterocycles. The highest BCUT2D eigenvalue weighted by Crippen LogP contribution is 2.62. The summed E-state index contributed by atoms with van der Waals surface area (Å²) in [6, 6.07) is 0. The van der Waals surface area contributed by atoms with Crippen LogP contribution in [0.25, 0.3) is 0 Å². The Hall–Kier alpha value is -0.850. The molecular weight excluding hydrogens is 244 g/mol. The smallest absolute Gasteiger partial charge is 0.133 e. The first kappa shape index (κ1) is 12.9. The third kappa shape index (κ3) is 1.58. The van der Waals surface area contributed by atoms with Crippen LogP contribution in [0.2, 0.25) is 0 Å².